The second-order valence-electron chi connectivity index (χ2n) is 6.68. The standard InChI is InChI=1S/C16H26N4O4/c1-11-18-14(24-20-11)13(12-4-8-23-9-5-12)19-15(21)17-10-16(22-2)6-3-7-16/h12-13H,3-10H2,1-2H3,(H2,17,19,21)/t13-/m1/s1. The Hall–Kier alpha value is -1.67. The molecule has 1 saturated heterocycles. The fourth-order valence-corrected chi connectivity index (χ4v) is 3.33. The Morgan fingerprint density at radius 3 is 2.71 bits per heavy atom. The van der Waals surface area contributed by atoms with Gasteiger partial charge in [0.1, 0.15) is 6.04 Å². The number of hydrogen-bond acceptors (Lipinski definition) is 6. The van der Waals surface area contributed by atoms with Crippen LogP contribution in [0.4, 0.5) is 4.79 Å². The summed E-state index contributed by atoms with van der Waals surface area (Å²) in [5.41, 5.74) is -0.202. The van der Waals surface area contributed by atoms with Gasteiger partial charge in [-0.2, -0.15) is 4.98 Å². The van der Waals surface area contributed by atoms with E-state index in [9.17, 15) is 4.79 Å². The number of aryl methyl sites for hydroxylation is 1. The average Bonchev–Trinajstić information content (AvgIpc) is 2.99. The largest absolute Gasteiger partial charge is 0.381 e. The molecule has 2 N–H and O–H groups in total. The highest BCUT2D eigenvalue weighted by Crippen LogP contribution is 2.34. The molecule has 3 rings (SSSR count). The summed E-state index contributed by atoms with van der Waals surface area (Å²) in [7, 11) is 1.70. The highest BCUT2D eigenvalue weighted by atomic mass is 16.5. The number of aromatic nitrogens is 2. The zero-order valence-electron chi connectivity index (χ0n) is 14.3. The van der Waals surface area contributed by atoms with Gasteiger partial charge in [0.2, 0.25) is 5.89 Å². The Bertz CT molecular complexity index is 547. The molecule has 8 nitrogen and oxygen atoms in total. The van der Waals surface area contributed by atoms with E-state index in [2.05, 4.69) is 20.8 Å². The van der Waals surface area contributed by atoms with Gasteiger partial charge in [-0.1, -0.05) is 5.16 Å². The molecule has 0 unspecified atom stereocenters. The Balaban J connectivity index is 1.61. The molecule has 1 aliphatic heterocycles. The lowest BCUT2D eigenvalue weighted by atomic mass is 9.80. The van der Waals surface area contributed by atoms with Crippen LogP contribution in [0.5, 0.6) is 0 Å². The Morgan fingerprint density at radius 2 is 2.17 bits per heavy atom. The number of carbonyl (C=O) groups excluding carboxylic acids is 1. The monoisotopic (exact) mass is 338 g/mol. The first-order valence-corrected chi connectivity index (χ1v) is 8.59. The zero-order valence-corrected chi connectivity index (χ0v) is 14.3. The number of nitrogens with zero attached hydrogens (tertiary/aromatic N) is 2. The molecule has 8 heteroatoms. The van der Waals surface area contributed by atoms with E-state index in [4.69, 9.17) is 14.0 Å². The van der Waals surface area contributed by atoms with Crippen LogP contribution in [0.25, 0.3) is 0 Å². The molecule has 2 amide bonds. The molecule has 1 aromatic heterocycles. The van der Waals surface area contributed by atoms with Gasteiger partial charge < -0.3 is 24.6 Å². The van der Waals surface area contributed by atoms with Gasteiger partial charge in [-0.3, -0.25) is 0 Å². The summed E-state index contributed by atoms with van der Waals surface area (Å²) in [4.78, 5) is 16.7. The summed E-state index contributed by atoms with van der Waals surface area (Å²) in [6.07, 6.45) is 4.82. The maximum atomic E-state index is 12.4. The van der Waals surface area contributed by atoms with Crippen molar-refractivity contribution in [1.29, 1.82) is 0 Å². The van der Waals surface area contributed by atoms with Crippen LogP contribution in [0.2, 0.25) is 0 Å². The number of carbonyl (C=O) groups is 1. The number of hydrogen-bond donors (Lipinski definition) is 2. The predicted octanol–water partition coefficient (Wildman–Crippen LogP) is 1.71. The van der Waals surface area contributed by atoms with Crippen LogP contribution in [0.15, 0.2) is 4.52 Å². The topological polar surface area (TPSA) is 98.5 Å². The van der Waals surface area contributed by atoms with Crippen LogP contribution in [-0.4, -0.2) is 48.6 Å². The first kappa shape index (κ1) is 17.2. The molecule has 2 heterocycles. The summed E-state index contributed by atoms with van der Waals surface area (Å²) in [5, 5.41) is 9.78. The van der Waals surface area contributed by atoms with Gasteiger partial charge in [0.25, 0.3) is 0 Å². The minimum absolute atomic E-state index is 0.202. The van der Waals surface area contributed by atoms with Crippen molar-refractivity contribution in [2.75, 3.05) is 26.9 Å². The molecule has 0 aromatic carbocycles. The number of rotatable bonds is 6. The summed E-state index contributed by atoms with van der Waals surface area (Å²) in [6, 6.07) is -0.527. The van der Waals surface area contributed by atoms with Crippen molar-refractivity contribution in [3.63, 3.8) is 0 Å². The van der Waals surface area contributed by atoms with Crippen molar-refractivity contribution in [1.82, 2.24) is 20.8 Å². The molecule has 24 heavy (non-hydrogen) atoms. The van der Waals surface area contributed by atoms with Gasteiger partial charge in [0.15, 0.2) is 5.82 Å². The number of ether oxygens (including phenoxy) is 2. The van der Waals surface area contributed by atoms with Gasteiger partial charge in [-0.15, -0.1) is 0 Å². The second-order valence-corrected chi connectivity index (χ2v) is 6.68. The van der Waals surface area contributed by atoms with E-state index in [1.165, 1.54) is 0 Å². The minimum Gasteiger partial charge on any atom is -0.381 e. The SMILES string of the molecule is COC1(CNC(=O)N[C@@H](c2nc(C)no2)C2CCOCC2)CCC1. The van der Waals surface area contributed by atoms with Crippen LogP contribution in [-0.2, 0) is 9.47 Å². The van der Waals surface area contributed by atoms with Crippen molar-refractivity contribution in [2.45, 2.75) is 50.7 Å². The number of urea groups is 1. The first-order chi connectivity index (χ1) is 11.6. The molecule has 1 aliphatic carbocycles. The summed E-state index contributed by atoms with van der Waals surface area (Å²) >= 11 is 0. The molecule has 2 aliphatic rings. The summed E-state index contributed by atoms with van der Waals surface area (Å²) in [6.45, 7) is 3.65. The van der Waals surface area contributed by atoms with Crippen LogP contribution in [0.3, 0.4) is 0 Å². The third-order valence-corrected chi connectivity index (χ3v) is 5.10. The second kappa shape index (κ2) is 7.48. The van der Waals surface area contributed by atoms with E-state index in [-0.39, 0.29) is 23.6 Å². The Kier molecular flexibility index (Phi) is 5.35. The smallest absolute Gasteiger partial charge is 0.315 e. The molecule has 1 saturated carbocycles. The lowest BCUT2D eigenvalue weighted by molar-refractivity contribution is -0.0674. The van der Waals surface area contributed by atoms with E-state index in [1.54, 1.807) is 14.0 Å². The maximum absolute atomic E-state index is 12.4. The third-order valence-electron chi connectivity index (χ3n) is 5.10. The highest BCUT2D eigenvalue weighted by molar-refractivity contribution is 5.74. The minimum atomic E-state index is -0.296. The van der Waals surface area contributed by atoms with Gasteiger partial charge in [0.05, 0.1) is 5.60 Å². The third kappa shape index (κ3) is 3.87. The van der Waals surface area contributed by atoms with Crippen LogP contribution in [0, 0.1) is 12.8 Å². The van der Waals surface area contributed by atoms with Crippen LogP contribution in [0.1, 0.15) is 49.9 Å². The first-order valence-electron chi connectivity index (χ1n) is 8.59. The van der Waals surface area contributed by atoms with Crippen molar-refractivity contribution in [2.24, 2.45) is 5.92 Å². The molecule has 134 valence electrons. The normalized spacial score (nSPS) is 21.8. The average molecular weight is 338 g/mol. The number of nitrogens with one attached hydrogen (secondary N) is 2. The van der Waals surface area contributed by atoms with Crippen molar-refractivity contribution in [3.05, 3.63) is 11.7 Å². The summed E-state index contributed by atoms with van der Waals surface area (Å²) < 4.78 is 16.3. The van der Waals surface area contributed by atoms with Crippen molar-refractivity contribution < 1.29 is 18.8 Å². The molecule has 0 bridgehead atoms. The number of methoxy groups -OCH3 is 1. The van der Waals surface area contributed by atoms with Gasteiger partial charge in [-0.05, 0) is 44.9 Å². The summed E-state index contributed by atoms with van der Waals surface area (Å²) in [5.74, 6) is 1.25. The molecule has 2 fully saturated rings. The molecule has 0 radical (unpaired) electrons. The van der Waals surface area contributed by atoms with E-state index >= 15 is 0 Å². The van der Waals surface area contributed by atoms with Crippen LogP contribution >= 0.6 is 0 Å². The molecule has 0 spiro atoms. The van der Waals surface area contributed by atoms with E-state index in [0.29, 0.717) is 31.5 Å². The zero-order chi connectivity index (χ0) is 17.0. The van der Waals surface area contributed by atoms with Crippen molar-refractivity contribution in [3.8, 4) is 0 Å². The molecule has 1 aromatic rings. The molecular weight excluding hydrogens is 312 g/mol. The van der Waals surface area contributed by atoms with Gasteiger partial charge in [0, 0.05) is 26.9 Å². The van der Waals surface area contributed by atoms with E-state index < -0.39 is 0 Å². The van der Waals surface area contributed by atoms with Crippen molar-refractivity contribution >= 4 is 6.03 Å². The lowest BCUT2D eigenvalue weighted by Crippen LogP contribution is -2.52. The van der Waals surface area contributed by atoms with Crippen LogP contribution < -0.4 is 10.6 Å². The molecular formula is C16H26N4O4. The molecule has 1 atom stereocenters. The van der Waals surface area contributed by atoms with E-state index in [0.717, 1.165) is 32.1 Å². The number of amides is 2. The highest BCUT2D eigenvalue weighted by Gasteiger charge is 2.38. The fraction of sp³-hybridized carbons (Fsp3) is 0.812. The van der Waals surface area contributed by atoms with Gasteiger partial charge in [-0.25, -0.2) is 4.79 Å². The fourth-order valence-electron chi connectivity index (χ4n) is 3.33. The Morgan fingerprint density at radius 1 is 1.42 bits per heavy atom. The Labute approximate surface area is 141 Å². The van der Waals surface area contributed by atoms with E-state index in [1.807, 2.05) is 0 Å². The van der Waals surface area contributed by atoms with Gasteiger partial charge >= 0.3 is 6.03 Å². The quantitative estimate of drug-likeness (QED) is 0.819. The lowest BCUT2D eigenvalue weighted by Gasteiger charge is -2.40. The predicted molar refractivity (Wildman–Crippen MR) is 85.4 cm³/mol. The maximum Gasteiger partial charge on any atom is 0.315 e.